The highest BCUT2D eigenvalue weighted by atomic mass is 15.2. The van der Waals surface area contributed by atoms with E-state index in [4.69, 9.17) is 0 Å². The lowest BCUT2D eigenvalue weighted by molar-refractivity contribution is 0.444. The van der Waals surface area contributed by atoms with E-state index < -0.39 is 0 Å². The molecule has 0 spiro atoms. The average molecular weight is 587 g/mol. The summed E-state index contributed by atoms with van der Waals surface area (Å²) >= 11 is 0. The summed E-state index contributed by atoms with van der Waals surface area (Å²) in [5, 5.41) is 0. The van der Waals surface area contributed by atoms with Crippen LogP contribution in [0.25, 0.3) is 0 Å². The molecule has 0 bridgehead atoms. The number of nitrogens with zero attached hydrogens (tertiary/aromatic N) is 2. The van der Waals surface area contributed by atoms with Crippen LogP contribution in [0.3, 0.4) is 0 Å². The third kappa shape index (κ3) is 4.71. The largest absolute Gasteiger partial charge is 0.311 e. The van der Waals surface area contributed by atoms with Crippen molar-refractivity contribution in [3.63, 3.8) is 0 Å². The van der Waals surface area contributed by atoms with E-state index in [0.717, 1.165) is 0 Å². The molecule has 1 fully saturated rings. The summed E-state index contributed by atoms with van der Waals surface area (Å²) in [6, 6.07) is 33.5. The molecular weight excluding hydrogens is 543 g/mol. The van der Waals surface area contributed by atoms with Gasteiger partial charge in [0.1, 0.15) is 0 Å². The predicted molar refractivity (Wildman–Crippen MR) is 195 cm³/mol. The Balaban J connectivity index is 1.50. The number of hydrogen-bond donors (Lipinski definition) is 0. The Kier molecular flexibility index (Phi) is 6.71. The molecule has 1 aliphatic carbocycles. The van der Waals surface area contributed by atoms with Gasteiger partial charge in [-0.3, -0.25) is 0 Å². The molecule has 0 amide bonds. The minimum Gasteiger partial charge on any atom is -0.311 e. The number of benzene rings is 5. The minimum absolute atomic E-state index is 0.172. The normalized spacial score (nSPS) is 15.6. The molecule has 0 atom stereocenters. The molecule has 2 nitrogen and oxygen atoms in total. The van der Waals surface area contributed by atoms with Gasteiger partial charge in [-0.1, -0.05) is 55.7 Å². The molecule has 0 saturated heterocycles. The van der Waals surface area contributed by atoms with Crippen LogP contribution in [-0.4, -0.2) is 6.71 Å². The second-order valence-electron chi connectivity index (χ2n) is 14.2. The van der Waals surface area contributed by atoms with Crippen molar-refractivity contribution in [3.8, 4) is 0 Å². The maximum atomic E-state index is 2.60. The third-order valence-corrected chi connectivity index (χ3v) is 10.4. The second kappa shape index (κ2) is 10.7. The number of rotatable bonds is 3. The SMILES string of the molecule is Cc1cc(C)cc(N2c3cc(C)ccc3B3c4ccc(C)cc4N(c4cc(C)cc(C)c4)c4cc(C5CCCCC5)cc2c43)c1. The van der Waals surface area contributed by atoms with Crippen molar-refractivity contribution in [1.82, 2.24) is 0 Å². The van der Waals surface area contributed by atoms with Crippen molar-refractivity contribution in [2.45, 2.75) is 79.6 Å². The van der Waals surface area contributed by atoms with Crippen LogP contribution in [0.2, 0.25) is 0 Å². The zero-order chi connectivity index (χ0) is 31.0. The van der Waals surface area contributed by atoms with E-state index in [9.17, 15) is 0 Å². The van der Waals surface area contributed by atoms with Gasteiger partial charge in [0.2, 0.25) is 0 Å². The summed E-state index contributed by atoms with van der Waals surface area (Å²) < 4.78 is 0. The van der Waals surface area contributed by atoms with Crippen LogP contribution in [-0.2, 0) is 0 Å². The first-order valence-corrected chi connectivity index (χ1v) is 16.9. The number of hydrogen-bond acceptors (Lipinski definition) is 2. The summed E-state index contributed by atoms with van der Waals surface area (Å²) in [4.78, 5) is 5.20. The maximum Gasteiger partial charge on any atom is 0.252 e. The molecule has 3 heteroatoms. The standard InChI is InChI=1S/C42H43BN2/c1-26-12-14-36-38(22-26)44(34-18-28(3)16-29(4)19-34)40-24-33(32-10-8-7-9-11-32)25-41-42(40)43(36)37-15-13-27(2)23-39(37)45(41)35-20-30(5)17-31(6)21-35/h12-25,32H,7-11H2,1-6H3. The van der Waals surface area contributed by atoms with E-state index in [2.05, 4.69) is 136 Å². The Morgan fingerprint density at radius 1 is 0.467 bits per heavy atom. The summed E-state index contributed by atoms with van der Waals surface area (Å²) in [7, 11) is 0. The molecule has 5 aromatic rings. The first-order valence-electron chi connectivity index (χ1n) is 16.9. The van der Waals surface area contributed by atoms with Gasteiger partial charge in [0.15, 0.2) is 0 Å². The molecule has 2 heterocycles. The fourth-order valence-corrected chi connectivity index (χ4v) is 8.62. The first-order chi connectivity index (χ1) is 21.7. The highest BCUT2D eigenvalue weighted by Gasteiger charge is 2.44. The van der Waals surface area contributed by atoms with Crippen LogP contribution in [0.4, 0.5) is 34.1 Å². The lowest BCUT2D eigenvalue weighted by Gasteiger charge is -2.45. The van der Waals surface area contributed by atoms with Gasteiger partial charge >= 0.3 is 0 Å². The highest BCUT2D eigenvalue weighted by molar-refractivity contribution is 7.00. The third-order valence-electron chi connectivity index (χ3n) is 10.4. The van der Waals surface area contributed by atoms with Gasteiger partial charge in [0.05, 0.1) is 0 Å². The molecule has 0 aromatic heterocycles. The molecule has 5 aromatic carbocycles. The van der Waals surface area contributed by atoms with Crippen molar-refractivity contribution in [3.05, 3.63) is 124 Å². The van der Waals surface area contributed by atoms with Gasteiger partial charge in [0.25, 0.3) is 6.71 Å². The van der Waals surface area contributed by atoms with Crippen LogP contribution in [0.1, 0.15) is 77.0 Å². The van der Waals surface area contributed by atoms with Gasteiger partial charge < -0.3 is 9.80 Å². The van der Waals surface area contributed by atoms with Crippen molar-refractivity contribution < 1.29 is 0 Å². The van der Waals surface area contributed by atoms with Crippen LogP contribution in [0.5, 0.6) is 0 Å². The Hall–Kier alpha value is -4.24. The molecule has 45 heavy (non-hydrogen) atoms. The zero-order valence-corrected chi connectivity index (χ0v) is 27.7. The average Bonchev–Trinajstić information content (AvgIpc) is 3.00. The van der Waals surface area contributed by atoms with E-state index in [1.54, 1.807) is 0 Å². The predicted octanol–water partition coefficient (Wildman–Crippen LogP) is 9.67. The minimum atomic E-state index is 0.172. The lowest BCUT2D eigenvalue weighted by Crippen LogP contribution is -2.61. The van der Waals surface area contributed by atoms with Crippen LogP contribution in [0, 0.1) is 41.5 Å². The Morgan fingerprint density at radius 3 is 1.36 bits per heavy atom. The lowest BCUT2D eigenvalue weighted by atomic mass is 9.33. The van der Waals surface area contributed by atoms with E-state index in [1.807, 2.05) is 0 Å². The van der Waals surface area contributed by atoms with E-state index in [-0.39, 0.29) is 6.71 Å². The molecule has 0 N–H and O–H groups in total. The van der Waals surface area contributed by atoms with E-state index in [0.29, 0.717) is 5.92 Å². The molecular formula is C42H43BN2. The Labute approximate surface area is 269 Å². The summed E-state index contributed by atoms with van der Waals surface area (Å²) in [5.41, 5.74) is 21.4. The number of fused-ring (bicyclic) bond motifs is 4. The maximum absolute atomic E-state index is 2.60. The molecule has 1 saturated carbocycles. The van der Waals surface area contributed by atoms with Crippen molar-refractivity contribution in [1.29, 1.82) is 0 Å². The van der Waals surface area contributed by atoms with Gasteiger partial charge in [-0.05, 0) is 164 Å². The molecule has 0 radical (unpaired) electrons. The molecule has 8 rings (SSSR count). The second-order valence-corrected chi connectivity index (χ2v) is 14.2. The summed E-state index contributed by atoms with van der Waals surface area (Å²) in [5.74, 6) is 0.596. The molecule has 2 aliphatic heterocycles. The first kappa shape index (κ1) is 28.3. The van der Waals surface area contributed by atoms with Crippen LogP contribution >= 0.6 is 0 Å². The van der Waals surface area contributed by atoms with Gasteiger partial charge in [-0.15, -0.1) is 0 Å². The van der Waals surface area contributed by atoms with Crippen molar-refractivity contribution >= 4 is 57.2 Å². The number of anilines is 6. The quantitative estimate of drug-likeness (QED) is 0.190. The van der Waals surface area contributed by atoms with Crippen molar-refractivity contribution in [2.75, 3.05) is 9.80 Å². The monoisotopic (exact) mass is 586 g/mol. The highest BCUT2D eigenvalue weighted by Crippen LogP contribution is 2.47. The summed E-state index contributed by atoms with van der Waals surface area (Å²) in [6.45, 7) is 13.6. The fraction of sp³-hybridized carbons (Fsp3) is 0.286. The smallest absolute Gasteiger partial charge is 0.252 e. The molecule has 224 valence electrons. The van der Waals surface area contributed by atoms with Gasteiger partial charge in [0, 0.05) is 34.1 Å². The Morgan fingerprint density at radius 2 is 0.911 bits per heavy atom. The molecule has 0 unspecified atom stereocenters. The zero-order valence-electron chi connectivity index (χ0n) is 27.7. The Bertz CT molecular complexity index is 1810. The number of aryl methyl sites for hydroxylation is 6. The summed E-state index contributed by atoms with van der Waals surface area (Å²) in [6.07, 6.45) is 6.57. The van der Waals surface area contributed by atoms with Gasteiger partial charge in [-0.2, -0.15) is 0 Å². The van der Waals surface area contributed by atoms with E-state index >= 15 is 0 Å². The van der Waals surface area contributed by atoms with Crippen LogP contribution in [0.15, 0.2) is 84.9 Å². The van der Waals surface area contributed by atoms with Crippen LogP contribution < -0.4 is 26.2 Å². The molecule has 3 aliphatic rings. The topological polar surface area (TPSA) is 6.48 Å². The van der Waals surface area contributed by atoms with E-state index in [1.165, 1.54) is 122 Å². The fourth-order valence-electron chi connectivity index (χ4n) is 8.62. The van der Waals surface area contributed by atoms with Crippen molar-refractivity contribution in [2.24, 2.45) is 0 Å². The van der Waals surface area contributed by atoms with Gasteiger partial charge in [-0.25, -0.2) is 0 Å².